The Morgan fingerprint density at radius 1 is 1.04 bits per heavy atom. The first-order chi connectivity index (χ1) is 11.5. The molecule has 0 bridgehead atoms. The lowest BCUT2D eigenvalue weighted by Gasteiger charge is -2.28. The largest absolute Gasteiger partial charge is 0.355 e. The fraction of sp³-hybridized carbons (Fsp3) is 0.684. The summed E-state index contributed by atoms with van der Waals surface area (Å²) < 4.78 is 0. The topological polar surface area (TPSA) is 29.0 Å². The quantitative estimate of drug-likeness (QED) is 0.507. The van der Waals surface area contributed by atoms with Gasteiger partial charge < -0.3 is 4.90 Å². The summed E-state index contributed by atoms with van der Waals surface area (Å²) in [6, 6.07) is 0. The number of fused-ring (bicyclic) bond motifs is 3. The molecule has 5 heteroatoms. The molecular formula is C19H29N3S2. The van der Waals surface area contributed by atoms with E-state index >= 15 is 0 Å². The lowest BCUT2D eigenvalue weighted by Crippen LogP contribution is -2.32. The summed E-state index contributed by atoms with van der Waals surface area (Å²) in [5.74, 6) is 2.44. The van der Waals surface area contributed by atoms with Gasteiger partial charge in [0.15, 0.2) is 5.16 Å². The van der Waals surface area contributed by atoms with Crippen LogP contribution >= 0.6 is 23.1 Å². The summed E-state index contributed by atoms with van der Waals surface area (Å²) in [6.45, 7) is 11.3. The standard InChI is InChI=1S/C19H29N3S2/c1-12(2)10-22(11-13(3)4)17-16-14-8-6-7-9-15(14)24-18(16)21-19(20-17)23-5/h12-13H,6-11H2,1-5H3. The van der Waals surface area contributed by atoms with Crippen LogP contribution in [0.15, 0.2) is 5.16 Å². The second-order valence-electron chi connectivity index (χ2n) is 7.62. The molecule has 3 rings (SSSR count). The minimum Gasteiger partial charge on any atom is -0.355 e. The fourth-order valence-corrected chi connectivity index (χ4v) is 5.24. The molecule has 1 aliphatic carbocycles. The Hall–Kier alpha value is -0.810. The van der Waals surface area contributed by atoms with Gasteiger partial charge >= 0.3 is 0 Å². The Morgan fingerprint density at radius 3 is 2.33 bits per heavy atom. The van der Waals surface area contributed by atoms with Crippen molar-refractivity contribution in [2.75, 3.05) is 24.2 Å². The third-order valence-corrected chi connectivity index (χ3v) is 6.16. The van der Waals surface area contributed by atoms with Gasteiger partial charge in [0.1, 0.15) is 10.6 Å². The van der Waals surface area contributed by atoms with Gasteiger partial charge in [0, 0.05) is 18.0 Å². The SMILES string of the molecule is CSc1nc(N(CC(C)C)CC(C)C)c2c3c(sc2n1)CCCC3. The van der Waals surface area contributed by atoms with Crippen molar-refractivity contribution in [1.82, 2.24) is 9.97 Å². The number of aryl methyl sites for hydroxylation is 2. The number of thiophene rings is 1. The number of aromatic nitrogens is 2. The zero-order chi connectivity index (χ0) is 17.3. The maximum atomic E-state index is 4.99. The van der Waals surface area contributed by atoms with Crippen LogP contribution in [0.4, 0.5) is 5.82 Å². The van der Waals surface area contributed by atoms with E-state index in [2.05, 4.69) is 38.9 Å². The first kappa shape index (κ1) is 18.0. The average Bonchev–Trinajstić information content (AvgIpc) is 2.90. The van der Waals surface area contributed by atoms with Crippen LogP contribution in [0, 0.1) is 11.8 Å². The highest BCUT2D eigenvalue weighted by Gasteiger charge is 2.24. The van der Waals surface area contributed by atoms with Gasteiger partial charge in [0.25, 0.3) is 0 Å². The van der Waals surface area contributed by atoms with Crippen molar-refractivity contribution in [3.05, 3.63) is 10.4 Å². The summed E-state index contributed by atoms with van der Waals surface area (Å²) in [7, 11) is 0. The van der Waals surface area contributed by atoms with Crippen LogP contribution in [0.3, 0.4) is 0 Å². The molecule has 0 aliphatic heterocycles. The minimum atomic E-state index is 0.626. The van der Waals surface area contributed by atoms with Crippen molar-refractivity contribution < 1.29 is 0 Å². The molecule has 2 aromatic rings. The molecule has 2 aromatic heterocycles. The maximum absolute atomic E-state index is 4.99. The highest BCUT2D eigenvalue weighted by atomic mass is 32.2. The van der Waals surface area contributed by atoms with E-state index in [1.807, 2.05) is 11.3 Å². The van der Waals surface area contributed by atoms with Gasteiger partial charge in [-0.25, -0.2) is 9.97 Å². The second kappa shape index (κ2) is 7.61. The van der Waals surface area contributed by atoms with E-state index in [1.165, 1.54) is 41.7 Å². The van der Waals surface area contributed by atoms with E-state index in [0.29, 0.717) is 11.8 Å². The Balaban J connectivity index is 2.16. The van der Waals surface area contributed by atoms with Crippen molar-refractivity contribution in [3.8, 4) is 0 Å². The molecule has 0 unspecified atom stereocenters. The van der Waals surface area contributed by atoms with E-state index in [4.69, 9.17) is 9.97 Å². The molecule has 0 saturated heterocycles. The first-order valence-electron chi connectivity index (χ1n) is 9.10. The monoisotopic (exact) mass is 363 g/mol. The molecule has 132 valence electrons. The van der Waals surface area contributed by atoms with Crippen molar-refractivity contribution >= 4 is 39.1 Å². The average molecular weight is 364 g/mol. The van der Waals surface area contributed by atoms with Gasteiger partial charge in [-0.15, -0.1) is 11.3 Å². The van der Waals surface area contributed by atoms with Crippen molar-refractivity contribution in [3.63, 3.8) is 0 Å². The molecule has 0 spiro atoms. The number of thioether (sulfide) groups is 1. The van der Waals surface area contributed by atoms with Crippen molar-refractivity contribution in [1.29, 1.82) is 0 Å². The minimum absolute atomic E-state index is 0.626. The van der Waals surface area contributed by atoms with Crippen LogP contribution in [0.2, 0.25) is 0 Å². The molecule has 24 heavy (non-hydrogen) atoms. The smallest absolute Gasteiger partial charge is 0.190 e. The van der Waals surface area contributed by atoms with Crippen LogP contribution in [0.5, 0.6) is 0 Å². The van der Waals surface area contributed by atoms with Crippen LogP contribution < -0.4 is 4.90 Å². The van der Waals surface area contributed by atoms with Gasteiger partial charge in [-0.1, -0.05) is 39.5 Å². The summed E-state index contributed by atoms with van der Waals surface area (Å²) in [5, 5.41) is 2.27. The Labute approximate surface area is 154 Å². The lowest BCUT2D eigenvalue weighted by molar-refractivity contribution is 0.548. The maximum Gasteiger partial charge on any atom is 0.190 e. The van der Waals surface area contributed by atoms with Gasteiger partial charge in [-0.2, -0.15) is 0 Å². The molecule has 0 radical (unpaired) electrons. The molecule has 0 amide bonds. The zero-order valence-electron chi connectivity index (χ0n) is 15.6. The highest BCUT2D eigenvalue weighted by molar-refractivity contribution is 7.98. The first-order valence-corrected chi connectivity index (χ1v) is 11.1. The molecule has 0 fully saturated rings. The molecule has 0 atom stereocenters. The molecule has 1 aliphatic rings. The van der Waals surface area contributed by atoms with Crippen LogP contribution in [-0.2, 0) is 12.8 Å². The summed E-state index contributed by atoms with van der Waals surface area (Å²) in [6.07, 6.45) is 7.12. The molecule has 2 heterocycles. The van der Waals surface area contributed by atoms with E-state index in [0.717, 1.165) is 18.2 Å². The van der Waals surface area contributed by atoms with E-state index in [1.54, 1.807) is 22.2 Å². The van der Waals surface area contributed by atoms with Crippen molar-refractivity contribution in [2.45, 2.75) is 58.5 Å². The van der Waals surface area contributed by atoms with Gasteiger partial charge in [-0.05, 0) is 49.3 Å². The third-order valence-electron chi connectivity index (χ3n) is 4.43. The summed E-state index contributed by atoms with van der Waals surface area (Å²) in [5.41, 5.74) is 1.54. The number of rotatable bonds is 6. The fourth-order valence-electron chi connectivity index (χ4n) is 3.57. The normalized spacial score (nSPS) is 14.6. The van der Waals surface area contributed by atoms with E-state index in [-0.39, 0.29) is 0 Å². The Kier molecular flexibility index (Phi) is 5.70. The Morgan fingerprint density at radius 2 is 1.71 bits per heavy atom. The molecular weight excluding hydrogens is 334 g/mol. The predicted octanol–water partition coefficient (Wildman–Crippen LogP) is 5.41. The van der Waals surface area contributed by atoms with Crippen LogP contribution in [-0.4, -0.2) is 29.3 Å². The van der Waals surface area contributed by atoms with Crippen LogP contribution in [0.25, 0.3) is 10.2 Å². The highest BCUT2D eigenvalue weighted by Crippen LogP contribution is 2.40. The van der Waals surface area contributed by atoms with Crippen LogP contribution in [0.1, 0.15) is 51.0 Å². The Bertz CT molecular complexity index is 696. The molecule has 0 N–H and O–H groups in total. The third kappa shape index (κ3) is 3.72. The lowest BCUT2D eigenvalue weighted by atomic mass is 9.96. The predicted molar refractivity (Wildman–Crippen MR) is 108 cm³/mol. The van der Waals surface area contributed by atoms with Crippen molar-refractivity contribution in [2.24, 2.45) is 11.8 Å². The summed E-state index contributed by atoms with van der Waals surface area (Å²) >= 11 is 3.56. The number of anilines is 1. The number of hydrogen-bond acceptors (Lipinski definition) is 5. The van der Waals surface area contributed by atoms with E-state index in [9.17, 15) is 0 Å². The summed E-state index contributed by atoms with van der Waals surface area (Å²) in [4.78, 5) is 15.1. The zero-order valence-corrected chi connectivity index (χ0v) is 17.2. The van der Waals surface area contributed by atoms with Gasteiger partial charge in [-0.3, -0.25) is 0 Å². The van der Waals surface area contributed by atoms with Gasteiger partial charge in [0.2, 0.25) is 0 Å². The molecule has 0 aromatic carbocycles. The van der Waals surface area contributed by atoms with E-state index < -0.39 is 0 Å². The molecule has 3 nitrogen and oxygen atoms in total. The second-order valence-corrected chi connectivity index (χ2v) is 9.47. The number of hydrogen-bond donors (Lipinski definition) is 0. The number of nitrogens with zero attached hydrogens (tertiary/aromatic N) is 3. The van der Waals surface area contributed by atoms with Gasteiger partial charge in [0.05, 0.1) is 5.39 Å². The molecule has 0 saturated carbocycles.